The highest BCUT2D eigenvalue weighted by Gasteiger charge is 2.36. The molecule has 0 aromatic heterocycles. The Balaban J connectivity index is 1.85. The van der Waals surface area contributed by atoms with Crippen molar-refractivity contribution in [2.45, 2.75) is 33.2 Å². The highest BCUT2D eigenvalue weighted by Crippen LogP contribution is 2.32. The molecule has 1 heterocycles. The summed E-state index contributed by atoms with van der Waals surface area (Å²) in [6.45, 7) is 6.12. The van der Waals surface area contributed by atoms with Crippen LogP contribution in [0.4, 0.5) is 21.0 Å². The quantitative estimate of drug-likeness (QED) is 0.435. The minimum absolute atomic E-state index is 0.209. The molecular weight excluding hydrogens is 464 g/mol. The average Bonchev–Trinajstić information content (AvgIpc) is 2.86. The summed E-state index contributed by atoms with van der Waals surface area (Å²) >= 11 is 0. The van der Waals surface area contributed by atoms with Crippen LogP contribution in [0.25, 0.3) is 0 Å². The molecule has 1 unspecified atom stereocenters. The minimum Gasteiger partial charge on any atom is -0.497 e. The second kappa shape index (κ2) is 12.0. The molecule has 2 aromatic rings. The number of nitrogens with zero attached hydrogens (tertiary/aromatic N) is 1. The standard InChI is InChI=1S/C26H32N4O6/c1-6-11-30-16(3)22(24(31)36-7-2)23(29-26(30)33)17-9-8-10-18(12-17)27-25(32)28-19-13-20(34-4)15-21(14-19)35-5/h8-10,12-15,23H,6-7,11H2,1-5H3,(H,29,33)(H2,27,28,32). The van der Waals surface area contributed by atoms with Gasteiger partial charge in [-0.05, 0) is 38.0 Å². The Kier molecular flexibility index (Phi) is 8.77. The maximum Gasteiger partial charge on any atom is 0.338 e. The van der Waals surface area contributed by atoms with Crippen molar-refractivity contribution >= 4 is 29.4 Å². The number of ether oxygens (including phenoxy) is 3. The van der Waals surface area contributed by atoms with E-state index < -0.39 is 18.0 Å². The molecule has 1 aliphatic heterocycles. The first-order chi connectivity index (χ1) is 17.3. The highest BCUT2D eigenvalue weighted by atomic mass is 16.5. The number of rotatable bonds is 9. The van der Waals surface area contributed by atoms with Crippen molar-refractivity contribution in [3.63, 3.8) is 0 Å². The third-order valence-corrected chi connectivity index (χ3v) is 5.63. The van der Waals surface area contributed by atoms with Gasteiger partial charge in [0.1, 0.15) is 11.5 Å². The molecule has 3 N–H and O–H groups in total. The number of methoxy groups -OCH3 is 2. The Morgan fingerprint density at radius 2 is 1.67 bits per heavy atom. The lowest BCUT2D eigenvalue weighted by molar-refractivity contribution is -0.139. The number of hydrogen-bond donors (Lipinski definition) is 3. The van der Waals surface area contributed by atoms with Gasteiger partial charge in [-0.2, -0.15) is 0 Å². The molecule has 2 aromatic carbocycles. The summed E-state index contributed by atoms with van der Waals surface area (Å²) in [6.07, 6.45) is 0.735. The number of carbonyl (C=O) groups excluding carboxylic acids is 3. The SMILES string of the molecule is CCCN1C(=O)NC(c2cccc(NC(=O)Nc3cc(OC)cc(OC)c3)c2)C(C(=O)OCC)=C1C. The third kappa shape index (κ3) is 6.07. The van der Waals surface area contributed by atoms with Crippen molar-refractivity contribution in [1.29, 1.82) is 0 Å². The van der Waals surface area contributed by atoms with E-state index in [9.17, 15) is 14.4 Å². The molecule has 10 nitrogen and oxygen atoms in total. The lowest BCUT2D eigenvalue weighted by Gasteiger charge is -2.35. The Morgan fingerprint density at radius 1 is 1.00 bits per heavy atom. The maximum atomic E-state index is 12.9. The molecule has 0 fully saturated rings. The molecule has 0 saturated heterocycles. The van der Waals surface area contributed by atoms with Crippen LogP contribution in [0, 0.1) is 0 Å². The summed E-state index contributed by atoms with van der Waals surface area (Å²) < 4.78 is 15.8. The Bertz CT molecular complexity index is 1140. The molecule has 1 atom stereocenters. The summed E-state index contributed by atoms with van der Waals surface area (Å²) in [5.41, 5.74) is 2.49. The summed E-state index contributed by atoms with van der Waals surface area (Å²) in [7, 11) is 3.05. The third-order valence-electron chi connectivity index (χ3n) is 5.63. The fourth-order valence-corrected chi connectivity index (χ4v) is 3.97. The summed E-state index contributed by atoms with van der Waals surface area (Å²) in [5, 5.41) is 8.43. The zero-order valence-corrected chi connectivity index (χ0v) is 21.1. The molecule has 0 aliphatic carbocycles. The van der Waals surface area contributed by atoms with Gasteiger partial charge >= 0.3 is 18.0 Å². The molecule has 0 saturated carbocycles. The number of urea groups is 2. The van der Waals surface area contributed by atoms with Gasteiger partial charge in [-0.15, -0.1) is 0 Å². The van der Waals surface area contributed by atoms with E-state index in [4.69, 9.17) is 14.2 Å². The fraction of sp³-hybridized carbons (Fsp3) is 0.346. The molecular formula is C26H32N4O6. The number of benzene rings is 2. The van der Waals surface area contributed by atoms with Gasteiger partial charge in [0.05, 0.1) is 32.4 Å². The molecule has 3 rings (SSSR count). The fourth-order valence-electron chi connectivity index (χ4n) is 3.97. The Labute approximate surface area is 210 Å². The first-order valence-electron chi connectivity index (χ1n) is 11.7. The molecule has 1 aliphatic rings. The number of esters is 1. The van der Waals surface area contributed by atoms with E-state index in [0.717, 1.165) is 6.42 Å². The van der Waals surface area contributed by atoms with E-state index in [0.29, 0.717) is 46.3 Å². The van der Waals surface area contributed by atoms with Crippen molar-refractivity contribution in [3.05, 3.63) is 59.3 Å². The monoisotopic (exact) mass is 496 g/mol. The van der Waals surface area contributed by atoms with Crippen LogP contribution in [0.5, 0.6) is 11.5 Å². The minimum atomic E-state index is -0.725. The van der Waals surface area contributed by atoms with Crippen molar-refractivity contribution in [1.82, 2.24) is 10.2 Å². The average molecular weight is 497 g/mol. The molecule has 4 amide bonds. The van der Waals surface area contributed by atoms with Crippen molar-refractivity contribution < 1.29 is 28.6 Å². The van der Waals surface area contributed by atoms with Gasteiger partial charge in [0.2, 0.25) is 0 Å². The van der Waals surface area contributed by atoms with Crippen molar-refractivity contribution in [3.8, 4) is 11.5 Å². The zero-order chi connectivity index (χ0) is 26.2. The van der Waals surface area contributed by atoms with Crippen LogP contribution in [-0.4, -0.2) is 50.3 Å². The molecule has 0 spiro atoms. The molecule has 0 radical (unpaired) electrons. The number of hydrogen-bond acceptors (Lipinski definition) is 6. The van der Waals surface area contributed by atoms with E-state index in [2.05, 4.69) is 16.0 Å². The molecule has 36 heavy (non-hydrogen) atoms. The molecule has 10 heteroatoms. The first kappa shape index (κ1) is 26.4. The zero-order valence-electron chi connectivity index (χ0n) is 21.1. The van der Waals surface area contributed by atoms with Crippen LogP contribution in [-0.2, 0) is 9.53 Å². The van der Waals surface area contributed by atoms with Gasteiger partial charge in [-0.3, -0.25) is 4.90 Å². The van der Waals surface area contributed by atoms with Crippen LogP contribution in [0.3, 0.4) is 0 Å². The van der Waals surface area contributed by atoms with Crippen molar-refractivity contribution in [2.24, 2.45) is 0 Å². The van der Waals surface area contributed by atoms with Gasteiger partial charge in [0, 0.05) is 41.8 Å². The van der Waals surface area contributed by atoms with Crippen LogP contribution >= 0.6 is 0 Å². The van der Waals surface area contributed by atoms with E-state index in [1.165, 1.54) is 14.2 Å². The van der Waals surface area contributed by atoms with Crippen LogP contribution in [0.15, 0.2) is 53.7 Å². The number of allylic oxidation sites excluding steroid dienone is 1. The lowest BCUT2D eigenvalue weighted by atomic mass is 9.94. The van der Waals surface area contributed by atoms with Gasteiger partial charge in [-0.25, -0.2) is 14.4 Å². The van der Waals surface area contributed by atoms with Crippen LogP contribution < -0.4 is 25.4 Å². The van der Waals surface area contributed by atoms with E-state index in [1.807, 2.05) is 6.92 Å². The Hall–Kier alpha value is -4.21. The molecule has 192 valence electrons. The number of amides is 4. The van der Waals surface area contributed by atoms with Crippen LogP contribution in [0.2, 0.25) is 0 Å². The van der Waals surface area contributed by atoms with E-state index >= 15 is 0 Å². The predicted molar refractivity (Wildman–Crippen MR) is 136 cm³/mol. The van der Waals surface area contributed by atoms with Gasteiger partial charge < -0.3 is 30.2 Å². The summed E-state index contributed by atoms with van der Waals surface area (Å²) in [4.78, 5) is 39.9. The molecule has 0 bridgehead atoms. The normalized spacial score (nSPS) is 15.2. The van der Waals surface area contributed by atoms with Gasteiger partial charge in [0.15, 0.2) is 0 Å². The first-order valence-corrected chi connectivity index (χ1v) is 11.7. The smallest absolute Gasteiger partial charge is 0.338 e. The van der Waals surface area contributed by atoms with Crippen LogP contribution in [0.1, 0.15) is 38.8 Å². The second-order valence-electron chi connectivity index (χ2n) is 8.06. The largest absolute Gasteiger partial charge is 0.497 e. The number of carbonyl (C=O) groups is 3. The lowest BCUT2D eigenvalue weighted by Crippen LogP contribution is -2.48. The van der Waals surface area contributed by atoms with E-state index in [-0.39, 0.29) is 12.6 Å². The highest BCUT2D eigenvalue weighted by molar-refractivity contribution is 6.00. The predicted octanol–water partition coefficient (Wildman–Crippen LogP) is 4.66. The second-order valence-corrected chi connectivity index (χ2v) is 8.06. The Morgan fingerprint density at radius 3 is 2.28 bits per heavy atom. The maximum absolute atomic E-state index is 12.9. The topological polar surface area (TPSA) is 118 Å². The van der Waals surface area contributed by atoms with E-state index in [1.54, 1.807) is 61.2 Å². The number of nitrogens with one attached hydrogen (secondary N) is 3. The van der Waals surface area contributed by atoms with Gasteiger partial charge in [-0.1, -0.05) is 19.1 Å². The van der Waals surface area contributed by atoms with Crippen molar-refractivity contribution in [2.75, 3.05) is 38.0 Å². The summed E-state index contributed by atoms with van der Waals surface area (Å²) in [5.74, 6) is 0.570. The summed E-state index contributed by atoms with van der Waals surface area (Å²) in [6, 6.07) is 10.5. The number of anilines is 2. The van der Waals surface area contributed by atoms with Gasteiger partial charge in [0.25, 0.3) is 0 Å².